The van der Waals surface area contributed by atoms with Crippen molar-refractivity contribution in [1.29, 1.82) is 0 Å². The summed E-state index contributed by atoms with van der Waals surface area (Å²) in [4.78, 5) is 56.5. The van der Waals surface area contributed by atoms with Crippen LogP contribution < -0.4 is 0 Å². The summed E-state index contributed by atoms with van der Waals surface area (Å²) in [5, 5.41) is 26.9. The normalized spacial score (nSPS) is 14.5. The maximum Gasteiger partial charge on any atom is 0.410 e. The van der Waals surface area contributed by atoms with Crippen molar-refractivity contribution in [2.75, 3.05) is 26.2 Å². The number of aliphatic carboxylic acids is 1. The molecule has 4 heterocycles. The van der Waals surface area contributed by atoms with Crippen molar-refractivity contribution in [3.8, 4) is 22.8 Å². The number of carbonyl (C=O) groups excluding carboxylic acids is 3. The van der Waals surface area contributed by atoms with Gasteiger partial charge >= 0.3 is 24.1 Å². The van der Waals surface area contributed by atoms with Gasteiger partial charge in [0.15, 0.2) is 11.6 Å². The lowest BCUT2D eigenvalue weighted by atomic mass is 10.2. The number of likely N-dealkylation sites (tertiary alicyclic amines) is 2. The molecule has 0 bridgehead atoms. The molecule has 0 spiro atoms. The Morgan fingerprint density at radius 1 is 0.719 bits per heavy atom. The highest BCUT2D eigenvalue weighted by Crippen LogP contribution is 2.21. The molecule has 17 nitrogen and oxygen atoms in total. The molecule has 6 rings (SSSR count). The minimum absolute atomic E-state index is 0.316. The van der Waals surface area contributed by atoms with Crippen LogP contribution in [0.15, 0.2) is 73.3 Å². The fourth-order valence-corrected chi connectivity index (χ4v) is 4.99. The second kappa shape index (κ2) is 19.4. The van der Waals surface area contributed by atoms with Gasteiger partial charge in [0.2, 0.25) is 0 Å². The number of nitrogens with zero attached hydrogens (tertiary/aromatic N) is 8. The number of carboxylic acids is 1. The van der Waals surface area contributed by atoms with Crippen molar-refractivity contribution < 1.29 is 43.6 Å². The van der Waals surface area contributed by atoms with Gasteiger partial charge in [0.25, 0.3) is 0 Å². The number of aliphatic hydroxyl groups is 1. The fourth-order valence-electron chi connectivity index (χ4n) is 4.61. The van der Waals surface area contributed by atoms with Crippen molar-refractivity contribution in [3.63, 3.8) is 0 Å². The Hall–Kier alpha value is -5.78. The molecule has 0 radical (unpaired) electrons. The van der Waals surface area contributed by atoms with Crippen LogP contribution in [-0.4, -0.2) is 123 Å². The zero-order chi connectivity index (χ0) is 41.9. The van der Waals surface area contributed by atoms with Crippen LogP contribution in [0.2, 0.25) is 10.0 Å². The van der Waals surface area contributed by atoms with E-state index in [0.29, 0.717) is 47.9 Å². The van der Waals surface area contributed by atoms with Gasteiger partial charge in [-0.15, -0.1) is 10.2 Å². The molecule has 0 aliphatic carbocycles. The van der Waals surface area contributed by atoms with Gasteiger partial charge in [0.05, 0.1) is 32.3 Å². The summed E-state index contributed by atoms with van der Waals surface area (Å²) in [5.41, 5.74) is 0.555. The van der Waals surface area contributed by atoms with Gasteiger partial charge in [0, 0.05) is 45.7 Å². The third kappa shape index (κ3) is 15.0. The van der Waals surface area contributed by atoms with E-state index in [2.05, 4.69) is 20.2 Å². The number of hydrogen-bond acceptors (Lipinski definition) is 12. The van der Waals surface area contributed by atoms with Crippen LogP contribution in [0, 0.1) is 0 Å². The van der Waals surface area contributed by atoms with Crippen LogP contribution >= 0.6 is 23.2 Å². The van der Waals surface area contributed by atoms with E-state index in [-0.39, 0.29) is 18.3 Å². The van der Waals surface area contributed by atoms with Crippen LogP contribution in [0.5, 0.6) is 0 Å². The molecule has 4 aromatic rings. The van der Waals surface area contributed by atoms with Crippen molar-refractivity contribution in [2.24, 2.45) is 0 Å². The second-order valence-electron chi connectivity index (χ2n) is 14.6. The first-order valence-electron chi connectivity index (χ1n) is 17.5. The number of rotatable bonds is 7. The van der Waals surface area contributed by atoms with Crippen LogP contribution in [0.25, 0.3) is 35.2 Å². The lowest BCUT2D eigenvalue weighted by molar-refractivity contribution is -0.150. The number of β-amino-alcohol motifs (C(OH)–C–C–N with tert-alkyl or cyclic N) is 1. The SMILES string of the molecule is CC(C)(C)OC(=O)N1CC(O)C1.CC(C)(C)OC(=O)N1CC(OC(=O)/C=C\n2cnc(-c3cccc(Cl)c3)n2)C1.O=C(O)/C=C\n1cnc(-c2cccc(Cl)c2)n1. The highest BCUT2D eigenvalue weighted by atomic mass is 35.5. The Labute approximate surface area is 339 Å². The molecule has 0 atom stereocenters. The van der Waals surface area contributed by atoms with Crippen LogP contribution in [-0.2, 0) is 23.8 Å². The molecule has 2 aliphatic heterocycles. The number of aliphatic hydroxyl groups excluding tert-OH is 1. The highest BCUT2D eigenvalue weighted by Gasteiger charge is 2.36. The maximum absolute atomic E-state index is 11.9. The number of carboxylic acid groups (broad SMARTS) is 1. The average molecular weight is 828 g/mol. The van der Waals surface area contributed by atoms with Crippen LogP contribution in [0.3, 0.4) is 0 Å². The van der Waals surface area contributed by atoms with Gasteiger partial charge in [-0.25, -0.2) is 38.5 Å². The first-order valence-corrected chi connectivity index (χ1v) is 18.3. The van der Waals surface area contributed by atoms with E-state index in [9.17, 15) is 19.2 Å². The Morgan fingerprint density at radius 2 is 1.16 bits per heavy atom. The lowest BCUT2D eigenvalue weighted by Crippen LogP contribution is -2.56. The van der Waals surface area contributed by atoms with E-state index in [1.165, 1.54) is 50.3 Å². The van der Waals surface area contributed by atoms with Gasteiger partial charge in [-0.05, 0) is 65.8 Å². The molecule has 57 heavy (non-hydrogen) atoms. The molecule has 304 valence electrons. The number of hydrogen-bond donors (Lipinski definition) is 2. The zero-order valence-corrected chi connectivity index (χ0v) is 33.7. The second-order valence-corrected chi connectivity index (χ2v) is 15.4. The number of ether oxygens (including phenoxy) is 3. The summed E-state index contributed by atoms with van der Waals surface area (Å²) in [5.74, 6) is -0.575. The summed E-state index contributed by atoms with van der Waals surface area (Å²) in [6.07, 6.45) is 6.45. The number of benzene rings is 2. The monoisotopic (exact) mass is 826 g/mol. The standard InChI is InChI=1S/C19H21ClN4O4.C11H8ClN3O2.C8H15NO3/c1-19(2,3)28-18(26)23-10-15(11-23)27-16(25)7-8-24-12-21-17(22-24)13-5-4-6-14(20)9-13;12-9-3-1-2-8(6-9)11-13-7-15(14-11)5-4-10(16)17;1-8(2,3)12-7(11)9-4-6(10)5-9/h4-9,12,15H,10-11H2,1-3H3;1-7H,(H,16,17);6,10H,4-5H2,1-3H3/b8-7-;5-4-;. The molecule has 2 fully saturated rings. The number of esters is 1. The molecular weight excluding hydrogens is 783 g/mol. The Kier molecular flexibility index (Phi) is 14.9. The zero-order valence-electron chi connectivity index (χ0n) is 32.2. The van der Waals surface area contributed by atoms with Gasteiger partial charge in [-0.2, -0.15) is 0 Å². The van der Waals surface area contributed by atoms with Crippen molar-refractivity contribution in [3.05, 3.63) is 83.4 Å². The molecule has 2 aliphatic rings. The molecule has 2 aromatic heterocycles. The van der Waals surface area contributed by atoms with Crippen molar-refractivity contribution in [2.45, 2.75) is 65.0 Å². The summed E-state index contributed by atoms with van der Waals surface area (Å²) in [6.45, 7) is 12.3. The largest absolute Gasteiger partial charge is 0.478 e. The van der Waals surface area contributed by atoms with Gasteiger partial charge in [-0.3, -0.25) is 0 Å². The summed E-state index contributed by atoms with van der Waals surface area (Å²) >= 11 is 11.8. The molecule has 2 N–H and O–H groups in total. The Morgan fingerprint density at radius 3 is 1.56 bits per heavy atom. The van der Waals surface area contributed by atoms with Crippen molar-refractivity contribution >= 4 is 59.7 Å². The van der Waals surface area contributed by atoms with Crippen molar-refractivity contribution in [1.82, 2.24) is 39.3 Å². The third-order valence-electron chi connectivity index (χ3n) is 7.21. The molecule has 0 unspecified atom stereocenters. The smallest absolute Gasteiger partial charge is 0.410 e. The van der Waals surface area contributed by atoms with Crippen LogP contribution in [0.1, 0.15) is 41.5 Å². The number of halogens is 2. The predicted molar refractivity (Wildman–Crippen MR) is 211 cm³/mol. The molecule has 19 heteroatoms. The van der Waals surface area contributed by atoms with Crippen LogP contribution in [0.4, 0.5) is 9.59 Å². The minimum Gasteiger partial charge on any atom is -0.478 e. The van der Waals surface area contributed by atoms with E-state index in [1.54, 1.807) is 51.1 Å². The van der Waals surface area contributed by atoms with Gasteiger partial charge < -0.3 is 34.2 Å². The quantitative estimate of drug-likeness (QED) is 0.125. The first-order chi connectivity index (χ1) is 26.7. The fraction of sp³-hybridized carbons (Fsp3) is 0.368. The predicted octanol–water partition coefficient (Wildman–Crippen LogP) is 5.98. The lowest BCUT2D eigenvalue weighted by Gasteiger charge is -2.38. The molecule has 2 amide bonds. The Bertz CT molecular complexity index is 2080. The van der Waals surface area contributed by atoms with E-state index in [4.69, 9.17) is 47.6 Å². The minimum atomic E-state index is -1.04. The van der Waals surface area contributed by atoms with Gasteiger partial charge in [-0.1, -0.05) is 47.5 Å². The van der Waals surface area contributed by atoms with E-state index in [1.807, 2.05) is 39.0 Å². The van der Waals surface area contributed by atoms with E-state index in [0.717, 1.165) is 17.2 Å². The number of amides is 2. The number of carbonyl (C=O) groups is 4. The average Bonchev–Trinajstić information content (AvgIpc) is 3.76. The third-order valence-corrected chi connectivity index (χ3v) is 7.68. The van der Waals surface area contributed by atoms with Gasteiger partial charge in [0.1, 0.15) is 30.0 Å². The molecular formula is C38H44Cl2N8O9. The summed E-state index contributed by atoms with van der Waals surface area (Å²) < 4.78 is 18.3. The highest BCUT2D eigenvalue weighted by molar-refractivity contribution is 6.31. The Balaban J connectivity index is 0.000000210. The topological polar surface area (TPSA) is 204 Å². The number of aromatic nitrogens is 6. The first kappa shape index (κ1) is 43.9. The summed E-state index contributed by atoms with van der Waals surface area (Å²) in [6, 6.07) is 14.3. The summed E-state index contributed by atoms with van der Waals surface area (Å²) in [7, 11) is 0. The van der Waals surface area contributed by atoms with E-state index >= 15 is 0 Å². The molecule has 0 saturated carbocycles. The van der Waals surface area contributed by atoms with E-state index < -0.39 is 29.2 Å². The maximum atomic E-state index is 11.9. The molecule has 2 saturated heterocycles. The molecule has 2 aromatic carbocycles.